The Morgan fingerprint density at radius 3 is 2.35 bits per heavy atom. The van der Waals surface area contributed by atoms with Gasteiger partial charge in [0, 0.05) is 6.04 Å². The van der Waals surface area contributed by atoms with Crippen LogP contribution in [0.1, 0.15) is 78.6 Å². The number of hydrogen-bond acceptors (Lipinski definition) is 2. The van der Waals surface area contributed by atoms with Gasteiger partial charge in [-0.25, -0.2) is 0 Å². The lowest BCUT2D eigenvalue weighted by Crippen LogP contribution is -2.55. The van der Waals surface area contributed by atoms with E-state index >= 15 is 0 Å². The van der Waals surface area contributed by atoms with Crippen molar-refractivity contribution in [1.29, 1.82) is 0 Å². The van der Waals surface area contributed by atoms with Gasteiger partial charge >= 0.3 is 0 Å². The molecule has 4 saturated carbocycles. The van der Waals surface area contributed by atoms with Gasteiger partial charge in [0.2, 0.25) is 0 Å². The predicted molar refractivity (Wildman–Crippen MR) is 94.9 cm³/mol. The van der Waals surface area contributed by atoms with Gasteiger partial charge in [0.1, 0.15) is 0 Å². The minimum absolute atomic E-state index is 0.124. The molecule has 4 rings (SSSR count). The highest BCUT2D eigenvalue weighted by Crippen LogP contribution is 2.67. The van der Waals surface area contributed by atoms with Gasteiger partial charge in [0.15, 0.2) is 0 Å². The van der Waals surface area contributed by atoms with Crippen molar-refractivity contribution in [3.05, 3.63) is 0 Å². The van der Waals surface area contributed by atoms with Gasteiger partial charge < -0.3 is 10.8 Å². The molecule has 4 aliphatic rings. The molecule has 0 saturated heterocycles. The quantitative estimate of drug-likeness (QED) is 0.754. The third kappa shape index (κ3) is 2.27. The molecule has 0 amide bonds. The molecule has 2 nitrogen and oxygen atoms in total. The molecule has 0 aromatic rings. The zero-order chi connectivity index (χ0) is 16.4. The Labute approximate surface area is 142 Å². The monoisotopic (exact) mass is 319 g/mol. The van der Waals surface area contributed by atoms with Gasteiger partial charge in [-0.05, 0) is 105 Å². The van der Waals surface area contributed by atoms with E-state index in [4.69, 9.17) is 5.73 Å². The number of hydrogen-bond donors (Lipinski definition) is 2. The topological polar surface area (TPSA) is 46.2 Å². The first-order valence-electron chi connectivity index (χ1n) is 10.3. The van der Waals surface area contributed by atoms with Crippen LogP contribution in [0, 0.1) is 40.4 Å². The Morgan fingerprint density at radius 1 is 0.913 bits per heavy atom. The van der Waals surface area contributed by atoms with Crippen LogP contribution >= 0.6 is 0 Å². The zero-order valence-corrected chi connectivity index (χ0v) is 15.4. The van der Waals surface area contributed by atoms with E-state index in [-0.39, 0.29) is 6.10 Å². The van der Waals surface area contributed by atoms with E-state index < -0.39 is 0 Å². The summed E-state index contributed by atoms with van der Waals surface area (Å²) >= 11 is 0. The summed E-state index contributed by atoms with van der Waals surface area (Å²) in [4.78, 5) is 0. The molecule has 23 heavy (non-hydrogen) atoms. The molecule has 0 aliphatic heterocycles. The van der Waals surface area contributed by atoms with Crippen molar-refractivity contribution in [2.45, 2.75) is 90.7 Å². The SMILES string of the molecule is C[C@@H](O)[C@H]1CC[C@H]2[C@@H]3CC[C@H]4C[C@H](N)CC[C@]4(C)[C@H]3CC[C@]12C. The lowest BCUT2D eigenvalue weighted by molar-refractivity contribution is -0.120. The molecule has 0 aromatic carbocycles. The summed E-state index contributed by atoms with van der Waals surface area (Å²) in [6.07, 6.45) is 12.0. The number of aliphatic hydroxyl groups excluding tert-OH is 1. The van der Waals surface area contributed by atoms with E-state index in [1.54, 1.807) is 0 Å². The van der Waals surface area contributed by atoms with E-state index in [1.165, 1.54) is 57.8 Å². The number of aliphatic hydroxyl groups is 1. The van der Waals surface area contributed by atoms with Crippen LogP contribution in [0.2, 0.25) is 0 Å². The number of rotatable bonds is 1. The maximum Gasteiger partial charge on any atom is 0.0545 e. The Bertz CT molecular complexity index is 463. The molecule has 0 aromatic heterocycles. The highest BCUT2D eigenvalue weighted by molar-refractivity contribution is 5.09. The first-order valence-corrected chi connectivity index (χ1v) is 10.3. The normalized spacial score (nSPS) is 57.3. The van der Waals surface area contributed by atoms with Crippen molar-refractivity contribution in [3.63, 3.8) is 0 Å². The molecule has 0 heterocycles. The molecule has 2 heteroatoms. The maximum atomic E-state index is 10.3. The molecule has 0 bridgehead atoms. The van der Waals surface area contributed by atoms with Crippen LogP contribution < -0.4 is 5.73 Å². The van der Waals surface area contributed by atoms with E-state index in [0.29, 0.717) is 22.8 Å². The molecule has 0 radical (unpaired) electrons. The Kier molecular flexibility index (Phi) is 3.89. The third-order valence-electron chi connectivity index (χ3n) is 9.36. The second kappa shape index (κ2) is 5.46. The smallest absolute Gasteiger partial charge is 0.0545 e. The Hall–Kier alpha value is -0.0800. The summed E-state index contributed by atoms with van der Waals surface area (Å²) in [6, 6.07) is 0.463. The minimum atomic E-state index is -0.124. The Balaban J connectivity index is 1.60. The zero-order valence-electron chi connectivity index (χ0n) is 15.4. The highest BCUT2D eigenvalue weighted by Gasteiger charge is 2.60. The third-order valence-corrected chi connectivity index (χ3v) is 9.36. The second-order valence-corrected chi connectivity index (χ2v) is 10.2. The molecular weight excluding hydrogens is 282 g/mol. The van der Waals surface area contributed by atoms with E-state index in [1.807, 2.05) is 6.92 Å². The largest absolute Gasteiger partial charge is 0.393 e. The van der Waals surface area contributed by atoms with Gasteiger partial charge in [0.05, 0.1) is 6.10 Å². The second-order valence-electron chi connectivity index (χ2n) is 10.2. The summed E-state index contributed by atoms with van der Waals surface area (Å²) in [5.74, 6) is 4.14. The van der Waals surface area contributed by atoms with Crippen molar-refractivity contribution in [2.24, 2.45) is 46.2 Å². The van der Waals surface area contributed by atoms with Crippen molar-refractivity contribution in [3.8, 4) is 0 Å². The summed E-state index contributed by atoms with van der Waals surface area (Å²) < 4.78 is 0. The summed E-state index contributed by atoms with van der Waals surface area (Å²) in [6.45, 7) is 7.17. The average Bonchev–Trinajstić information content (AvgIpc) is 2.85. The average molecular weight is 320 g/mol. The van der Waals surface area contributed by atoms with E-state index in [0.717, 1.165) is 23.7 Å². The standard InChI is InChI=1S/C21H37NO/c1-13(23)17-6-7-18-16-5-4-14-12-15(22)8-10-20(14,2)19(16)9-11-21(17,18)3/h13-19,23H,4-12,22H2,1-3H3/t13-,14+,15-,16+,17-,18+,19+,20+,21-/m1/s1. The minimum Gasteiger partial charge on any atom is -0.393 e. The van der Waals surface area contributed by atoms with Crippen molar-refractivity contribution >= 4 is 0 Å². The van der Waals surface area contributed by atoms with Gasteiger partial charge in [-0.1, -0.05) is 13.8 Å². The molecule has 0 unspecified atom stereocenters. The molecule has 132 valence electrons. The molecule has 0 spiro atoms. The summed E-state index contributed by atoms with van der Waals surface area (Å²) in [7, 11) is 0. The fraction of sp³-hybridized carbons (Fsp3) is 1.00. The van der Waals surface area contributed by atoms with Crippen LogP contribution in [0.3, 0.4) is 0 Å². The van der Waals surface area contributed by atoms with Crippen LogP contribution in [0.4, 0.5) is 0 Å². The van der Waals surface area contributed by atoms with Gasteiger partial charge in [-0.15, -0.1) is 0 Å². The molecular formula is C21H37NO. The van der Waals surface area contributed by atoms with Crippen LogP contribution in [-0.4, -0.2) is 17.3 Å². The first-order chi connectivity index (χ1) is 10.9. The van der Waals surface area contributed by atoms with E-state index in [2.05, 4.69) is 13.8 Å². The van der Waals surface area contributed by atoms with Gasteiger partial charge in [0.25, 0.3) is 0 Å². The molecule has 4 fully saturated rings. The van der Waals surface area contributed by atoms with E-state index in [9.17, 15) is 5.11 Å². The van der Waals surface area contributed by atoms with Crippen LogP contribution in [0.25, 0.3) is 0 Å². The maximum absolute atomic E-state index is 10.3. The van der Waals surface area contributed by atoms with Gasteiger partial charge in [-0.2, -0.15) is 0 Å². The van der Waals surface area contributed by atoms with Crippen LogP contribution in [-0.2, 0) is 0 Å². The van der Waals surface area contributed by atoms with Crippen LogP contribution in [0.15, 0.2) is 0 Å². The number of fused-ring (bicyclic) bond motifs is 5. The fourth-order valence-corrected chi connectivity index (χ4v) is 8.12. The van der Waals surface area contributed by atoms with Gasteiger partial charge in [-0.3, -0.25) is 0 Å². The summed E-state index contributed by atoms with van der Waals surface area (Å²) in [5, 5.41) is 10.3. The van der Waals surface area contributed by atoms with Crippen molar-refractivity contribution in [2.75, 3.05) is 0 Å². The lowest BCUT2D eigenvalue weighted by Gasteiger charge is -2.61. The number of nitrogens with two attached hydrogens (primary N) is 1. The molecule has 3 N–H and O–H groups in total. The molecule has 4 aliphatic carbocycles. The van der Waals surface area contributed by atoms with Crippen LogP contribution in [0.5, 0.6) is 0 Å². The predicted octanol–water partition coefficient (Wildman–Crippen LogP) is 4.35. The van der Waals surface area contributed by atoms with Crippen molar-refractivity contribution < 1.29 is 5.11 Å². The molecule has 9 atom stereocenters. The summed E-state index contributed by atoms with van der Waals surface area (Å²) in [5.41, 5.74) is 7.26. The lowest BCUT2D eigenvalue weighted by atomic mass is 9.44. The highest BCUT2D eigenvalue weighted by atomic mass is 16.3. The fourth-order valence-electron chi connectivity index (χ4n) is 8.12. The first kappa shape index (κ1) is 16.4. The van der Waals surface area contributed by atoms with Crippen molar-refractivity contribution in [1.82, 2.24) is 0 Å². The Morgan fingerprint density at radius 2 is 1.61 bits per heavy atom.